The summed E-state index contributed by atoms with van der Waals surface area (Å²) in [5.41, 5.74) is 2.12. The normalized spacial score (nSPS) is 13.3. The second kappa shape index (κ2) is 9.17. The van der Waals surface area contributed by atoms with Gasteiger partial charge in [0.15, 0.2) is 0 Å². The number of alkyl carbamates (subject to hydrolysis) is 1. The Kier molecular flexibility index (Phi) is 6.94. The lowest BCUT2D eigenvalue weighted by atomic mass is 10.0. The molecule has 0 aliphatic carbocycles. The molecule has 25 heavy (non-hydrogen) atoms. The molecule has 136 valence electrons. The second-order valence-electron chi connectivity index (χ2n) is 5.85. The summed E-state index contributed by atoms with van der Waals surface area (Å²) in [4.78, 5) is 39.3. The van der Waals surface area contributed by atoms with Crippen molar-refractivity contribution in [3.8, 4) is 0 Å². The molecule has 1 aromatic rings. The first-order chi connectivity index (χ1) is 12.0. The first-order valence-electron chi connectivity index (χ1n) is 8.62. The average Bonchev–Trinajstić information content (AvgIpc) is 2.60. The SMILES string of the molecule is CCOC(=O)NC(=O)CN(CC)CC(=O)N1CCCc2ccccc21. The van der Waals surface area contributed by atoms with Crippen molar-refractivity contribution in [2.75, 3.05) is 37.7 Å². The topological polar surface area (TPSA) is 79.0 Å². The van der Waals surface area contributed by atoms with Crippen LogP contribution in [0, 0.1) is 0 Å². The zero-order valence-electron chi connectivity index (χ0n) is 14.8. The number of aryl methyl sites for hydroxylation is 1. The van der Waals surface area contributed by atoms with E-state index in [2.05, 4.69) is 10.1 Å². The zero-order valence-corrected chi connectivity index (χ0v) is 14.8. The maximum Gasteiger partial charge on any atom is 0.413 e. The molecule has 0 bridgehead atoms. The Morgan fingerprint density at radius 1 is 1.20 bits per heavy atom. The highest BCUT2D eigenvalue weighted by molar-refractivity contribution is 5.97. The van der Waals surface area contributed by atoms with Crippen molar-refractivity contribution >= 4 is 23.6 Å². The molecule has 1 aliphatic rings. The fraction of sp³-hybridized carbons (Fsp3) is 0.500. The summed E-state index contributed by atoms with van der Waals surface area (Å²) in [5.74, 6) is -0.523. The van der Waals surface area contributed by atoms with Crippen molar-refractivity contribution in [2.45, 2.75) is 26.7 Å². The lowest BCUT2D eigenvalue weighted by Gasteiger charge is -2.31. The van der Waals surface area contributed by atoms with Gasteiger partial charge in [-0.15, -0.1) is 0 Å². The molecule has 7 nitrogen and oxygen atoms in total. The number of ether oxygens (including phenoxy) is 1. The number of carbonyl (C=O) groups is 3. The predicted octanol–water partition coefficient (Wildman–Crippen LogP) is 1.56. The highest BCUT2D eigenvalue weighted by Crippen LogP contribution is 2.26. The molecule has 1 aromatic carbocycles. The van der Waals surface area contributed by atoms with Crippen LogP contribution in [0.25, 0.3) is 0 Å². The largest absolute Gasteiger partial charge is 0.450 e. The van der Waals surface area contributed by atoms with E-state index in [-0.39, 0.29) is 25.6 Å². The Balaban J connectivity index is 1.94. The molecule has 0 saturated carbocycles. The minimum atomic E-state index is -0.764. The second-order valence-corrected chi connectivity index (χ2v) is 5.85. The molecule has 0 unspecified atom stereocenters. The van der Waals surface area contributed by atoms with Crippen LogP contribution in [-0.2, 0) is 20.7 Å². The molecule has 3 amide bonds. The third-order valence-electron chi connectivity index (χ3n) is 4.10. The van der Waals surface area contributed by atoms with Gasteiger partial charge >= 0.3 is 6.09 Å². The molecular weight excluding hydrogens is 322 g/mol. The maximum absolute atomic E-state index is 12.7. The molecule has 0 saturated heterocycles. The van der Waals surface area contributed by atoms with Gasteiger partial charge in [0.05, 0.1) is 19.7 Å². The average molecular weight is 347 g/mol. The van der Waals surface area contributed by atoms with Crippen molar-refractivity contribution in [2.24, 2.45) is 0 Å². The van der Waals surface area contributed by atoms with E-state index in [9.17, 15) is 14.4 Å². The number of likely N-dealkylation sites (N-methyl/N-ethyl adjacent to an activating group) is 1. The van der Waals surface area contributed by atoms with E-state index in [4.69, 9.17) is 0 Å². The van der Waals surface area contributed by atoms with Gasteiger partial charge in [0.25, 0.3) is 0 Å². The van der Waals surface area contributed by atoms with Crippen molar-refractivity contribution in [1.82, 2.24) is 10.2 Å². The number of hydrogen-bond donors (Lipinski definition) is 1. The fourth-order valence-electron chi connectivity index (χ4n) is 2.87. The Morgan fingerprint density at radius 3 is 2.68 bits per heavy atom. The van der Waals surface area contributed by atoms with Gasteiger partial charge in [0.1, 0.15) is 0 Å². The summed E-state index contributed by atoms with van der Waals surface area (Å²) in [7, 11) is 0. The third-order valence-corrected chi connectivity index (χ3v) is 4.10. The van der Waals surface area contributed by atoms with Crippen molar-refractivity contribution in [3.05, 3.63) is 29.8 Å². The molecular formula is C18H25N3O4. The summed E-state index contributed by atoms with van der Waals surface area (Å²) >= 11 is 0. The van der Waals surface area contributed by atoms with Gasteiger partial charge in [0, 0.05) is 12.2 Å². The maximum atomic E-state index is 12.7. The van der Waals surface area contributed by atoms with Crippen LogP contribution in [0.4, 0.5) is 10.5 Å². The summed E-state index contributed by atoms with van der Waals surface area (Å²) in [6.45, 7) is 5.04. The lowest BCUT2D eigenvalue weighted by molar-refractivity contribution is -0.123. The molecule has 0 fully saturated rings. The molecule has 2 rings (SSSR count). The molecule has 0 aromatic heterocycles. The highest BCUT2D eigenvalue weighted by Gasteiger charge is 2.24. The number of nitrogens with one attached hydrogen (secondary N) is 1. The molecule has 0 spiro atoms. The number of benzene rings is 1. The number of hydrogen-bond acceptors (Lipinski definition) is 5. The van der Waals surface area contributed by atoms with E-state index in [1.165, 1.54) is 5.56 Å². The first-order valence-corrected chi connectivity index (χ1v) is 8.62. The molecule has 7 heteroatoms. The quantitative estimate of drug-likeness (QED) is 0.845. The van der Waals surface area contributed by atoms with Crippen LogP contribution < -0.4 is 10.2 Å². The van der Waals surface area contributed by atoms with Gasteiger partial charge < -0.3 is 9.64 Å². The number of nitrogens with zero attached hydrogens (tertiary/aromatic N) is 2. The van der Waals surface area contributed by atoms with E-state index >= 15 is 0 Å². The van der Waals surface area contributed by atoms with Crippen molar-refractivity contribution < 1.29 is 19.1 Å². The van der Waals surface area contributed by atoms with Crippen LogP contribution >= 0.6 is 0 Å². The molecule has 0 radical (unpaired) electrons. The fourth-order valence-corrected chi connectivity index (χ4v) is 2.87. The van der Waals surface area contributed by atoms with Crippen LogP contribution in [0.3, 0.4) is 0 Å². The van der Waals surface area contributed by atoms with Crippen LogP contribution in [0.15, 0.2) is 24.3 Å². The predicted molar refractivity (Wildman–Crippen MR) is 94.4 cm³/mol. The van der Waals surface area contributed by atoms with Crippen molar-refractivity contribution in [3.63, 3.8) is 0 Å². The lowest BCUT2D eigenvalue weighted by Crippen LogP contribution is -2.46. The van der Waals surface area contributed by atoms with Crippen LogP contribution in [-0.4, -0.2) is 55.6 Å². The van der Waals surface area contributed by atoms with Gasteiger partial charge in [-0.1, -0.05) is 25.1 Å². The first kappa shape index (κ1) is 18.9. The van der Waals surface area contributed by atoms with Gasteiger partial charge in [0.2, 0.25) is 11.8 Å². The van der Waals surface area contributed by atoms with Crippen molar-refractivity contribution in [1.29, 1.82) is 0 Å². The van der Waals surface area contributed by atoms with Gasteiger partial charge in [-0.25, -0.2) is 4.79 Å². The van der Waals surface area contributed by atoms with Gasteiger partial charge in [-0.3, -0.25) is 19.8 Å². The number of carbonyl (C=O) groups excluding carboxylic acids is 3. The Morgan fingerprint density at radius 2 is 1.96 bits per heavy atom. The summed E-state index contributed by atoms with van der Waals surface area (Å²) in [5, 5.41) is 2.15. The summed E-state index contributed by atoms with van der Waals surface area (Å²) in [6, 6.07) is 7.90. The van der Waals surface area contributed by atoms with Crippen LogP contribution in [0.2, 0.25) is 0 Å². The van der Waals surface area contributed by atoms with E-state index in [0.717, 1.165) is 18.5 Å². The third kappa shape index (κ3) is 5.29. The number of para-hydroxylation sites is 1. The Labute approximate surface area is 147 Å². The van der Waals surface area contributed by atoms with E-state index in [1.54, 1.807) is 16.7 Å². The number of rotatable bonds is 6. The number of imide groups is 1. The monoisotopic (exact) mass is 347 g/mol. The minimum Gasteiger partial charge on any atom is -0.450 e. The minimum absolute atomic E-state index is 0.0312. The smallest absolute Gasteiger partial charge is 0.413 e. The summed E-state index contributed by atoms with van der Waals surface area (Å²) in [6.07, 6.45) is 1.14. The highest BCUT2D eigenvalue weighted by atomic mass is 16.5. The van der Waals surface area contributed by atoms with E-state index in [1.807, 2.05) is 31.2 Å². The van der Waals surface area contributed by atoms with Gasteiger partial charge in [-0.05, 0) is 37.9 Å². The molecule has 0 atom stereocenters. The standard InChI is InChI=1S/C18H25N3O4/c1-3-20(12-16(22)19-18(24)25-4-2)13-17(23)21-11-7-9-14-8-5-6-10-15(14)21/h5-6,8,10H,3-4,7,9,11-13H2,1-2H3,(H,19,22,24). The van der Waals surface area contributed by atoms with Crippen LogP contribution in [0.1, 0.15) is 25.8 Å². The molecule has 1 aliphatic heterocycles. The molecule has 1 N–H and O–H groups in total. The van der Waals surface area contributed by atoms with E-state index < -0.39 is 12.0 Å². The summed E-state index contributed by atoms with van der Waals surface area (Å²) < 4.78 is 4.68. The number of amides is 3. The van der Waals surface area contributed by atoms with E-state index in [0.29, 0.717) is 13.1 Å². The Bertz CT molecular complexity index is 633. The molecule has 1 heterocycles. The van der Waals surface area contributed by atoms with Gasteiger partial charge in [-0.2, -0.15) is 0 Å². The van der Waals surface area contributed by atoms with Crippen LogP contribution in [0.5, 0.6) is 0 Å². The number of fused-ring (bicyclic) bond motifs is 1. The number of anilines is 1. The Hall–Kier alpha value is -2.41. The zero-order chi connectivity index (χ0) is 18.2.